The molecule has 0 saturated carbocycles. The van der Waals surface area contributed by atoms with E-state index in [2.05, 4.69) is 4.99 Å². The molecule has 0 aromatic heterocycles. The van der Waals surface area contributed by atoms with E-state index in [-0.39, 0.29) is 0 Å². The van der Waals surface area contributed by atoms with Crippen LogP contribution >= 0.6 is 0 Å². The van der Waals surface area contributed by atoms with Crippen LogP contribution in [-0.2, 0) is 0 Å². The van der Waals surface area contributed by atoms with Crippen LogP contribution in [0.15, 0.2) is 17.1 Å². The van der Waals surface area contributed by atoms with E-state index in [9.17, 15) is 0 Å². The second-order valence-electron chi connectivity index (χ2n) is 1.21. The minimum absolute atomic E-state index is 0.322. The van der Waals surface area contributed by atoms with Gasteiger partial charge >= 0.3 is 0 Å². The van der Waals surface area contributed by atoms with E-state index < -0.39 is 0 Å². The maximum atomic E-state index is 6.88. The number of dihydropyridines is 1. The van der Waals surface area contributed by atoms with Gasteiger partial charge in [-0.05, 0) is 0 Å². The quantitative estimate of drug-likeness (QED) is 0.430. The van der Waals surface area contributed by atoms with Gasteiger partial charge in [-0.15, -0.1) is 0 Å². The van der Waals surface area contributed by atoms with Gasteiger partial charge in [-0.3, -0.25) is 5.41 Å². The summed E-state index contributed by atoms with van der Waals surface area (Å²) in [5.74, 6) is 0.322. The summed E-state index contributed by atoms with van der Waals surface area (Å²) in [4.78, 5) is 3.65. The van der Waals surface area contributed by atoms with Gasteiger partial charge in [-0.1, -0.05) is 0 Å². The fourth-order valence-electron chi connectivity index (χ4n) is 0.363. The van der Waals surface area contributed by atoms with Crippen molar-refractivity contribution in [2.24, 2.45) is 4.99 Å². The van der Waals surface area contributed by atoms with Crippen molar-refractivity contribution in [1.29, 1.82) is 5.41 Å². The predicted octanol–water partition coefficient (Wildman–Crippen LogP) is 0.809. The van der Waals surface area contributed by atoms with E-state index in [0.717, 1.165) is 0 Å². The Morgan fingerprint density at radius 1 is 1.71 bits per heavy atom. The summed E-state index contributed by atoms with van der Waals surface area (Å²) in [5.41, 5.74) is 0. The molecule has 7 heavy (non-hydrogen) atoms. The van der Waals surface area contributed by atoms with Crippen molar-refractivity contribution in [3.8, 4) is 0 Å². The Balaban J connectivity index is 2.66. The average molecular weight is 93.1 g/mol. The zero-order chi connectivity index (χ0) is 5.11. The molecule has 34 valence electrons. The smallest absolute Gasteiger partial charge is 0.233 e. The Morgan fingerprint density at radius 3 is 2.86 bits per heavy atom. The highest BCUT2D eigenvalue weighted by Gasteiger charge is 1.96. The standard InChI is InChI=1S/C5H5N2/c6-5-3-1-2-4-7-5/h1-4,6H/q+1. The molecular weight excluding hydrogens is 88.1 g/mol. The highest BCUT2D eigenvalue weighted by atomic mass is 14.8. The lowest BCUT2D eigenvalue weighted by Gasteiger charge is -1.81. The van der Waals surface area contributed by atoms with Gasteiger partial charge in [0, 0.05) is 0 Å². The number of nitrogens with one attached hydrogen (secondary N) is 1. The number of hydrogen-bond donors (Lipinski definition) is 1. The van der Waals surface area contributed by atoms with Crippen molar-refractivity contribution < 1.29 is 0 Å². The Hall–Kier alpha value is -1.05. The molecule has 0 aromatic carbocycles. The molecule has 0 saturated heterocycles. The van der Waals surface area contributed by atoms with Crippen LogP contribution in [0.3, 0.4) is 0 Å². The molecule has 0 spiro atoms. The summed E-state index contributed by atoms with van der Waals surface area (Å²) in [5, 5.41) is 6.88. The Morgan fingerprint density at radius 2 is 2.57 bits per heavy atom. The van der Waals surface area contributed by atoms with Gasteiger partial charge < -0.3 is 0 Å². The van der Waals surface area contributed by atoms with Crippen LogP contribution in [0.4, 0.5) is 0 Å². The molecule has 0 fully saturated rings. The average Bonchev–Trinajstić information content (AvgIpc) is 1.69. The highest BCUT2D eigenvalue weighted by molar-refractivity contribution is 6.00. The van der Waals surface area contributed by atoms with Gasteiger partial charge in [-0.25, -0.2) is 0 Å². The fourth-order valence-corrected chi connectivity index (χ4v) is 0.363. The zero-order valence-corrected chi connectivity index (χ0v) is 3.76. The van der Waals surface area contributed by atoms with Gasteiger partial charge in [0.1, 0.15) is 18.4 Å². The summed E-state index contributed by atoms with van der Waals surface area (Å²) in [7, 11) is 0. The minimum atomic E-state index is 0.322. The van der Waals surface area contributed by atoms with Crippen LogP contribution in [0.25, 0.3) is 0 Å². The summed E-state index contributed by atoms with van der Waals surface area (Å²) in [6.45, 7) is 0. The lowest BCUT2D eigenvalue weighted by molar-refractivity contribution is 1.45. The topological polar surface area (TPSA) is 36.2 Å². The summed E-state index contributed by atoms with van der Waals surface area (Å²) < 4.78 is 0. The van der Waals surface area contributed by atoms with Crippen molar-refractivity contribution in [2.45, 2.75) is 0 Å². The molecule has 1 rings (SSSR count). The molecule has 1 aliphatic heterocycles. The van der Waals surface area contributed by atoms with Crippen molar-refractivity contribution in [3.05, 3.63) is 18.6 Å². The molecule has 0 atom stereocenters. The van der Waals surface area contributed by atoms with E-state index in [4.69, 9.17) is 5.41 Å². The van der Waals surface area contributed by atoms with Crippen LogP contribution in [0.2, 0.25) is 0 Å². The normalized spacial score (nSPS) is 16.9. The maximum absolute atomic E-state index is 6.88. The van der Waals surface area contributed by atoms with Crippen molar-refractivity contribution in [3.63, 3.8) is 0 Å². The van der Waals surface area contributed by atoms with Crippen LogP contribution in [0.5, 0.6) is 0 Å². The number of rotatable bonds is 0. The summed E-state index contributed by atoms with van der Waals surface area (Å²) >= 11 is 0. The maximum Gasteiger partial charge on any atom is 0.233 e. The monoisotopic (exact) mass is 93.0 g/mol. The molecule has 0 unspecified atom stereocenters. The molecule has 0 aromatic rings. The summed E-state index contributed by atoms with van der Waals surface area (Å²) in [6.07, 6.45) is 6.82. The number of aliphatic imine (C=N–C) groups is 1. The molecule has 2 nitrogen and oxygen atoms in total. The van der Waals surface area contributed by atoms with Crippen molar-refractivity contribution >= 4 is 12.1 Å². The fraction of sp³-hybridized carbons (Fsp3) is 0. The van der Waals surface area contributed by atoms with Crippen LogP contribution in [0, 0.1) is 11.8 Å². The minimum Gasteiger partial charge on any atom is -0.264 e. The number of nitrogens with zero attached hydrogens (tertiary/aromatic N) is 1. The number of allylic oxidation sites excluding steroid dienone is 1. The third-order valence-electron chi connectivity index (χ3n) is 0.665. The Kier molecular flexibility index (Phi) is 0.941. The van der Waals surface area contributed by atoms with Gasteiger partial charge in [0.2, 0.25) is 5.84 Å². The first kappa shape index (κ1) is 4.12. The molecule has 0 amide bonds. The van der Waals surface area contributed by atoms with Crippen LogP contribution in [0.1, 0.15) is 0 Å². The largest absolute Gasteiger partial charge is 0.264 e. The van der Waals surface area contributed by atoms with Crippen molar-refractivity contribution in [2.75, 3.05) is 0 Å². The van der Waals surface area contributed by atoms with Crippen LogP contribution < -0.4 is 0 Å². The lowest BCUT2D eigenvalue weighted by atomic mass is 10.3. The zero-order valence-electron chi connectivity index (χ0n) is 3.76. The van der Waals surface area contributed by atoms with E-state index in [1.54, 1.807) is 24.8 Å². The second kappa shape index (κ2) is 1.60. The van der Waals surface area contributed by atoms with Gasteiger partial charge in [0.25, 0.3) is 0 Å². The molecule has 1 heterocycles. The van der Waals surface area contributed by atoms with Gasteiger partial charge in [-0.2, -0.15) is 4.99 Å². The first-order chi connectivity index (χ1) is 3.39. The molecule has 0 radical (unpaired) electrons. The summed E-state index contributed by atoms with van der Waals surface area (Å²) in [6, 6.07) is 0. The van der Waals surface area contributed by atoms with E-state index in [1.807, 2.05) is 0 Å². The lowest BCUT2D eigenvalue weighted by Crippen LogP contribution is -1.90. The van der Waals surface area contributed by atoms with E-state index in [1.165, 1.54) is 0 Å². The molecule has 2 heteroatoms. The molecule has 0 bridgehead atoms. The highest BCUT2D eigenvalue weighted by Crippen LogP contribution is 1.88. The van der Waals surface area contributed by atoms with Crippen LogP contribution in [-0.4, -0.2) is 12.1 Å². The van der Waals surface area contributed by atoms with Gasteiger partial charge in [0.15, 0.2) is 0 Å². The van der Waals surface area contributed by atoms with E-state index in [0.29, 0.717) is 5.84 Å². The third-order valence-corrected chi connectivity index (χ3v) is 0.665. The first-order valence-corrected chi connectivity index (χ1v) is 2.02. The van der Waals surface area contributed by atoms with Crippen molar-refractivity contribution in [1.82, 2.24) is 0 Å². The van der Waals surface area contributed by atoms with E-state index >= 15 is 0 Å². The molecule has 1 N–H and O–H groups in total. The molecule has 1 aliphatic rings. The molecule has 0 aliphatic carbocycles. The Labute approximate surface area is 42.1 Å². The SMILES string of the molecule is N=C1C=C[CH+]C=N1. The second-order valence-corrected chi connectivity index (χ2v) is 1.21. The molecular formula is C5H5N2+. The third kappa shape index (κ3) is 0.892. The number of amidine groups is 1. The predicted molar refractivity (Wildman–Crippen MR) is 29.7 cm³/mol. The Bertz CT molecular complexity index is 119. The number of hydrogen-bond acceptors (Lipinski definition) is 1. The van der Waals surface area contributed by atoms with Gasteiger partial charge in [0.05, 0.1) is 6.42 Å². The first-order valence-electron chi connectivity index (χ1n) is 2.02.